The molecule has 0 bridgehead atoms. The number of para-hydroxylation sites is 1. The molecule has 4 heteroatoms. The molecule has 1 unspecified atom stereocenters. The fourth-order valence-electron chi connectivity index (χ4n) is 4.72. The lowest BCUT2D eigenvalue weighted by Gasteiger charge is -2.39. The summed E-state index contributed by atoms with van der Waals surface area (Å²) in [5.74, 6) is 0.316. The first-order chi connectivity index (χ1) is 14.3. The van der Waals surface area contributed by atoms with E-state index >= 15 is 0 Å². The van der Waals surface area contributed by atoms with Crippen LogP contribution in [-0.2, 0) is 11.3 Å². The zero-order valence-corrected chi connectivity index (χ0v) is 16.2. The molecule has 29 heavy (non-hydrogen) atoms. The zero-order chi connectivity index (χ0) is 19.6. The van der Waals surface area contributed by atoms with Crippen molar-refractivity contribution in [3.8, 4) is 0 Å². The van der Waals surface area contributed by atoms with Gasteiger partial charge in [0.25, 0.3) is 0 Å². The minimum absolute atomic E-state index is 0.0286. The number of likely N-dealkylation sites (tertiary alicyclic amines) is 1. The summed E-state index contributed by atoms with van der Waals surface area (Å²) in [7, 11) is 0. The highest BCUT2D eigenvalue weighted by atomic mass is 16.6. The van der Waals surface area contributed by atoms with Crippen molar-refractivity contribution in [2.45, 2.75) is 25.1 Å². The summed E-state index contributed by atoms with van der Waals surface area (Å²) in [5, 5.41) is 3.72. The van der Waals surface area contributed by atoms with E-state index in [-0.39, 0.29) is 18.2 Å². The third kappa shape index (κ3) is 3.35. The van der Waals surface area contributed by atoms with E-state index in [2.05, 4.69) is 41.7 Å². The van der Waals surface area contributed by atoms with Crippen LogP contribution in [0.5, 0.6) is 0 Å². The van der Waals surface area contributed by atoms with Crippen molar-refractivity contribution >= 4 is 11.8 Å². The number of carbonyl (C=O) groups excluding carboxylic acids is 1. The maximum atomic E-state index is 13.0. The molecule has 0 saturated carbocycles. The standard InChI is InChI=1S/C25H24N2O2/c28-25(29-17-18-9-3-1-4-10-18)27-16-15-21-23(19-11-5-2-6-12-19)26-22-14-8-7-13-20(22)24(21)27/h1-14,21,23-24,26H,15-17H2/t21-,23?,24+/m0/s1. The Hall–Kier alpha value is -3.27. The summed E-state index contributed by atoms with van der Waals surface area (Å²) in [6, 6.07) is 28.9. The summed E-state index contributed by atoms with van der Waals surface area (Å²) >= 11 is 0. The van der Waals surface area contributed by atoms with Crippen molar-refractivity contribution in [3.05, 3.63) is 102 Å². The van der Waals surface area contributed by atoms with Gasteiger partial charge in [-0.05, 0) is 29.2 Å². The third-order valence-corrected chi connectivity index (χ3v) is 6.06. The molecule has 0 aliphatic carbocycles. The van der Waals surface area contributed by atoms with E-state index in [9.17, 15) is 4.79 Å². The zero-order valence-electron chi connectivity index (χ0n) is 16.2. The average molecular weight is 384 g/mol. The lowest BCUT2D eigenvalue weighted by molar-refractivity contribution is 0.0865. The molecular formula is C25H24N2O2. The number of hydrogen-bond acceptors (Lipinski definition) is 3. The molecular weight excluding hydrogens is 360 g/mol. The lowest BCUT2D eigenvalue weighted by atomic mass is 9.80. The maximum Gasteiger partial charge on any atom is 0.410 e. The monoisotopic (exact) mass is 384 g/mol. The molecule has 3 aromatic carbocycles. The topological polar surface area (TPSA) is 41.6 Å². The Morgan fingerprint density at radius 3 is 2.41 bits per heavy atom. The van der Waals surface area contributed by atoms with Crippen LogP contribution in [0.25, 0.3) is 0 Å². The van der Waals surface area contributed by atoms with Gasteiger partial charge >= 0.3 is 6.09 Å². The number of nitrogens with one attached hydrogen (secondary N) is 1. The highest BCUT2D eigenvalue weighted by molar-refractivity contribution is 5.71. The molecule has 146 valence electrons. The average Bonchev–Trinajstić information content (AvgIpc) is 3.24. The van der Waals surface area contributed by atoms with Gasteiger partial charge in [0.2, 0.25) is 0 Å². The van der Waals surface area contributed by atoms with Crippen LogP contribution in [0.1, 0.15) is 35.2 Å². The Morgan fingerprint density at radius 2 is 1.62 bits per heavy atom. The third-order valence-electron chi connectivity index (χ3n) is 6.06. The number of hydrogen-bond donors (Lipinski definition) is 1. The Bertz CT molecular complexity index is 990. The van der Waals surface area contributed by atoms with Crippen LogP contribution >= 0.6 is 0 Å². The van der Waals surface area contributed by atoms with E-state index in [1.165, 1.54) is 11.1 Å². The van der Waals surface area contributed by atoms with Crippen molar-refractivity contribution in [1.82, 2.24) is 4.90 Å². The molecule has 0 spiro atoms. The van der Waals surface area contributed by atoms with Gasteiger partial charge in [0.05, 0.1) is 12.1 Å². The van der Waals surface area contributed by atoms with Crippen LogP contribution < -0.4 is 5.32 Å². The van der Waals surface area contributed by atoms with Crippen LogP contribution in [0.3, 0.4) is 0 Å². The van der Waals surface area contributed by atoms with Gasteiger partial charge < -0.3 is 15.0 Å². The first kappa shape index (κ1) is 17.8. The molecule has 1 N–H and O–H groups in total. The molecule has 1 amide bonds. The van der Waals surface area contributed by atoms with Crippen molar-refractivity contribution < 1.29 is 9.53 Å². The summed E-state index contributed by atoms with van der Waals surface area (Å²) < 4.78 is 5.68. The number of fused-ring (bicyclic) bond motifs is 3. The van der Waals surface area contributed by atoms with Gasteiger partial charge in [-0.1, -0.05) is 78.9 Å². The summed E-state index contributed by atoms with van der Waals surface area (Å²) in [4.78, 5) is 14.9. The predicted octanol–water partition coefficient (Wildman–Crippen LogP) is 5.55. The number of nitrogens with zero attached hydrogens (tertiary/aromatic N) is 1. The summed E-state index contributed by atoms with van der Waals surface area (Å²) in [6.07, 6.45) is 0.719. The fraction of sp³-hybridized carbons (Fsp3) is 0.240. The molecule has 3 aromatic rings. The van der Waals surface area contributed by atoms with E-state index in [4.69, 9.17) is 4.74 Å². The quantitative estimate of drug-likeness (QED) is 0.643. The second-order valence-corrected chi connectivity index (χ2v) is 7.75. The Morgan fingerprint density at radius 1 is 0.931 bits per heavy atom. The van der Waals surface area contributed by atoms with Crippen LogP contribution in [0.4, 0.5) is 10.5 Å². The highest BCUT2D eigenvalue weighted by Gasteiger charge is 2.46. The number of rotatable bonds is 3. The van der Waals surface area contributed by atoms with Crippen LogP contribution in [0.2, 0.25) is 0 Å². The number of benzene rings is 3. The second kappa shape index (κ2) is 7.63. The van der Waals surface area contributed by atoms with Gasteiger partial charge in [-0.2, -0.15) is 0 Å². The Labute approximate surface area is 171 Å². The van der Waals surface area contributed by atoms with Gasteiger partial charge in [0, 0.05) is 18.2 Å². The van der Waals surface area contributed by atoms with Gasteiger partial charge in [-0.15, -0.1) is 0 Å². The van der Waals surface area contributed by atoms with E-state index in [0.717, 1.165) is 17.7 Å². The number of ether oxygens (including phenoxy) is 1. The molecule has 0 radical (unpaired) electrons. The van der Waals surface area contributed by atoms with Gasteiger partial charge in [-0.3, -0.25) is 0 Å². The van der Waals surface area contributed by atoms with Crippen LogP contribution in [0.15, 0.2) is 84.9 Å². The molecule has 2 heterocycles. The van der Waals surface area contributed by atoms with Crippen molar-refractivity contribution in [1.29, 1.82) is 0 Å². The van der Waals surface area contributed by atoms with E-state index in [1.807, 2.05) is 53.4 Å². The SMILES string of the molecule is O=C(OCc1ccccc1)N1CC[C@H]2C(c3ccccc3)Nc3ccccc3[C@H]21. The summed E-state index contributed by atoms with van der Waals surface area (Å²) in [6.45, 7) is 1.01. The molecule has 1 fully saturated rings. The largest absolute Gasteiger partial charge is 0.445 e. The predicted molar refractivity (Wildman–Crippen MR) is 113 cm³/mol. The minimum atomic E-state index is -0.232. The van der Waals surface area contributed by atoms with Crippen molar-refractivity contribution in [2.24, 2.45) is 5.92 Å². The fourth-order valence-corrected chi connectivity index (χ4v) is 4.72. The highest BCUT2D eigenvalue weighted by Crippen LogP contribution is 2.51. The van der Waals surface area contributed by atoms with E-state index in [1.54, 1.807) is 0 Å². The van der Waals surface area contributed by atoms with Crippen molar-refractivity contribution in [2.75, 3.05) is 11.9 Å². The van der Waals surface area contributed by atoms with Gasteiger partial charge in [0.15, 0.2) is 0 Å². The van der Waals surface area contributed by atoms with E-state index in [0.29, 0.717) is 19.1 Å². The van der Waals surface area contributed by atoms with Crippen molar-refractivity contribution in [3.63, 3.8) is 0 Å². The van der Waals surface area contributed by atoms with E-state index < -0.39 is 0 Å². The summed E-state index contributed by atoms with van der Waals surface area (Å²) in [5.41, 5.74) is 4.55. The van der Waals surface area contributed by atoms with Gasteiger partial charge in [0.1, 0.15) is 6.61 Å². The number of anilines is 1. The molecule has 4 nitrogen and oxygen atoms in total. The molecule has 1 saturated heterocycles. The molecule has 0 aromatic heterocycles. The first-order valence-corrected chi connectivity index (χ1v) is 10.2. The number of amides is 1. The molecule has 5 rings (SSSR count). The van der Waals surface area contributed by atoms with Gasteiger partial charge in [-0.25, -0.2) is 4.79 Å². The van der Waals surface area contributed by atoms with Crippen LogP contribution in [0, 0.1) is 5.92 Å². The van der Waals surface area contributed by atoms with Crippen LogP contribution in [-0.4, -0.2) is 17.5 Å². The molecule has 2 aliphatic heterocycles. The smallest absolute Gasteiger partial charge is 0.410 e. The minimum Gasteiger partial charge on any atom is -0.445 e. The Kier molecular flexibility index (Phi) is 4.68. The number of carbonyl (C=O) groups is 1. The second-order valence-electron chi connectivity index (χ2n) is 7.75. The Balaban J connectivity index is 1.42. The molecule has 3 atom stereocenters. The normalized spacial score (nSPS) is 22.3. The lowest BCUT2D eigenvalue weighted by Crippen LogP contribution is -2.37. The molecule has 2 aliphatic rings. The first-order valence-electron chi connectivity index (χ1n) is 10.2. The maximum absolute atomic E-state index is 13.0.